The van der Waals surface area contributed by atoms with Crippen LogP contribution in [0.1, 0.15) is 60.4 Å². The molecule has 0 saturated carbocycles. The molecule has 0 aliphatic rings. The van der Waals surface area contributed by atoms with E-state index >= 15 is 0 Å². The summed E-state index contributed by atoms with van der Waals surface area (Å²) in [4.78, 5) is 23.7. The molecule has 0 bridgehead atoms. The normalized spacial score (nSPS) is 15.1. The van der Waals surface area contributed by atoms with E-state index in [9.17, 15) is 14.7 Å². The minimum Gasteiger partial charge on any atom is -0.388 e. The van der Waals surface area contributed by atoms with E-state index in [2.05, 4.69) is 5.32 Å². The fourth-order valence-corrected chi connectivity index (χ4v) is 2.12. The lowest BCUT2D eigenvalue weighted by Crippen LogP contribution is -2.45. The van der Waals surface area contributed by atoms with Crippen LogP contribution in [0.2, 0.25) is 0 Å². The monoisotopic (exact) mass is 291 g/mol. The van der Waals surface area contributed by atoms with Gasteiger partial charge in [-0.25, -0.2) is 0 Å². The van der Waals surface area contributed by atoms with Crippen molar-refractivity contribution in [3.05, 3.63) is 34.9 Å². The molecule has 0 aromatic heterocycles. The second-order valence-corrected chi connectivity index (χ2v) is 5.94. The fraction of sp³-hybridized carbons (Fsp3) is 0.529. The number of aliphatic hydroxyl groups is 1. The highest BCUT2D eigenvalue weighted by Crippen LogP contribution is 2.19. The Hall–Kier alpha value is -1.68. The molecule has 21 heavy (non-hydrogen) atoms. The molecule has 2 atom stereocenters. The second kappa shape index (κ2) is 6.85. The minimum absolute atomic E-state index is 0.0613. The summed E-state index contributed by atoms with van der Waals surface area (Å²) >= 11 is 0. The van der Waals surface area contributed by atoms with E-state index in [1.807, 2.05) is 20.8 Å². The molecule has 0 saturated heterocycles. The molecule has 4 nitrogen and oxygen atoms in total. The molecule has 0 aliphatic heterocycles. The summed E-state index contributed by atoms with van der Waals surface area (Å²) < 4.78 is 0. The first-order valence-corrected chi connectivity index (χ1v) is 7.31. The number of hydrogen-bond acceptors (Lipinski definition) is 3. The molecule has 1 amide bonds. The number of hydrogen-bond donors (Lipinski definition) is 2. The summed E-state index contributed by atoms with van der Waals surface area (Å²) in [5.41, 5.74) is 0.895. The van der Waals surface area contributed by atoms with Gasteiger partial charge in [0.25, 0.3) is 5.91 Å². The molecule has 0 fully saturated rings. The van der Waals surface area contributed by atoms with Gasteiger partial charge in [-0.2, -0.15) is 0 Å². The zero-order chi connectivity index (χ0) is 16.2. The number of rotatable bonds is 6. The lowest BCUT2D eigenvalue weighted by atomic mass is 9.88. The number of amides is 1. The first-order chi connectivity index (χ1) is 9.69. The van der Waals surface area contributed by atoms with Crippen molar-refractivity contribution in [2.24, 2.45) is 5.92 Å². The van der Waals surface area contributed by atoms with E-state index in [0.29, 0.717) is 11.1 Å². The van der Waals surface area contributed by atoms with Crippen LogP contribution < -0.4 is 5.32 Å². The maximum atomic E-state index is 12.2. The van der Waals surface area contributed by atoms with Gasteiger partial charge in [-0.15, -0.1) is 0 Å². The number of aryl methyl sites for hydroxylation is 1. The predicted molar refractivity (Wildman–Crippen MR) is 83.6 cm³/mol. The summed E-state index contributed by atoms with van der Waals surface area (Å²) in [6.07, 6.45) is 0.835. The average molecular weight is 291 g/mol. The van der Waals surface area contributed by atoms with Crippen LogP contribution in [0.4, 0.5) is 0 Å². The number of nitrogens with one attached hydrogen (secondary N) is 1. The van der Waals surface area contributed by atoms with Crippen molar-refractivity contribution in [1.82, 2.24) is 5.32 Å². The van der Waals surface area contributed by atoms with Crippen LogP contribution in [0.15, 0.2) is 18.2 Å². The largest absolute Gasteiger partial charge is 0.388 e. The Morgan fingerprint density at radius 2 is 2.00 bits per heavy atom. The molecule has 116 valence electrons. The molecular weight excluding hydrogens is 266 g/mol. The van der Waals surface area contributed by atoms with E-state index in [1.165, 1.54) is 6.92 Å². The van der Waals surface area contributed by atoms with Gasteiger partial charge >= 0.3 is 0 Å². The SMILES string of the molecule is CC[C@H](C)[C@](C)(O)CNC(=O)c1ccc(C)c(C(C)=O)c1. The zero-order valence-corrected chi connectivity index (χ0v) is 13.5. The van der Waals surface area contributed by atoms with Gasteiger partial charge in [-0.3, -0.25) is 9.59 Å². The van der Waals surface area contributed by atoms with Gasteiger partial charge in [-0.1, -0.05) is 26.3 Å². The van der Waals surface area contributed by atoms with Gasteiger partial charge in [-0.05, 0) is 44.4 Å². The van der Waals surface area contributed by atoms with Crippen molar-refractivity contribution >= 4 is 11.7 Å². The molecule has 0 spiro atoms. The number of carbonyl (C=O) groups is 2. The molecule has 0 heterocycles. The van der Waals surface area contributed by atoms with E-state index in [0.717, 1.165) is 12.0 Å². The fourth-order valence-electron chi connectivity index (χ4n) is 2.12. The van der Waals surface area contributed by atoms with Crippen LogP contribution >= 0.6 is 0 Å². The van der Waals surface area contributed by atoms with Crippen LogP contribution in [0.25, 0.3) is 0 Å². The Morgan fingerprint density at radius 1 is 1.38 bits per heavy atom. The maximum absolute atomic E-state index is 12.2. The quantitative estimate of drug-likeness (QED) is 0.792. The van der Waals surface area contributed by atoms with Crippen molar-refractivity contribution in [1.29, 1.82) is 0 Å². The Kier molecular flexibility index (Phi) is 5.67. The van der Waals surface area contributed by atoms with E-state index in [-0.39, 0.29) is 24.2 Å². The first kappa shape index (κ1) is 17.4. The molecular formula is C17H25NO3. The van der Waals surface area contributed by atoms with Crippen LogP contribution in [-0.4, -0.2) is 28.9 Å². The molecule has 0 radical (unpaired) electrons. The molecule has 0 aliphatic carbocycles. The predicted octanol–water partition coefficient (Wildman–Crippen LogP) is 2.72. The molecule has 0 unspecified atom stereocenters. The molecule has 2 N–H and O–H groups in total. The van der Waals surface area contributed by atoms with Gasteiger partial charge in [0.15, 0.2) is 5.78 Å². The van der Waals surface area contributed by atoms with Crippen molar-refractivity contribution < 1.29 is 14.7 Å². The highest BCUT2D eigenvalue weighted by atomic mass is 16.3. The molecule has 1 aromatic carbocycles. The number of ketones is 1. The smallest absolute Gasteiger partial charge is 0.251 e. The Bertz CT molecular complexity index is 535. The third-order valence-electron chi connectivity index (χ3n) is 4.16. The van der Waals surface area contributed by atoms with Gasteiger partial charge in [0.2, 0.25) is 0 Å². The number of carbonyl (C=O) groups excluding carboxylic acids is 2. The average Bonchev–Trinajstić information content (AvgIpc) is 2.44. The highest BCUT2D eigenvalue weighted by molar-refractivity contribution is 6.00. The van der Waals surface area contributed by atoms with Crippen molar-refractivity contribution in [3.63, 3.8) is 0 Å². The third kappa shape index (κ3) is 4.39. The number of benzene rings is 1. The van der Waals surface area contributed by atoms with Crippen molar-refractivity contribution in [2.45, 2.75) is 46.6 Å². The van der Waals surface area contributed by atoms with Crippen LogP contribution in [0.3, 0.4) is 0 Å². The van der Waals surface area contributed by atoms with Gasteiger partial charge in [0.1, 0.15) is 0 Å². The summed E-state index contributed by atoms with van der Waals surface area (Å²) in [6, 6.07) is 5.05. The van der Waals surface area contributed by atoms with E-state index < -0.39 is 5.60 Å². The highest BCUT2D eigenvalue weighted by Gasteiger charge is 2.27. The summed E-state index contributed by atoms with van der Waals surface area (Å²) in [5.74, 6) is -0.251. The molecule has 4 heteroatoms. The maximum Gasteiger partial charge on any atom is 0.251 e. The van der Waals surface area contributed by atoms with E-state index in [1.54, 1.807) is 25.1 Å². The van der Waals surface area contributed by atoms with Crippen LogP contribution in [0.5, 0.6) is 0 Å². The lowest BCUT2D eigenvalue weighted by Gasteiger charge is -2.29. The van der Waals surface area contributed by atoms with Gasteiger partial charge in [0.05, 0.1) is 5.60 Å². The molecule has 1 aromatic rings. The zero-order valence-electron chi connectivity index (χ0n) is 13.5. The topological polar surface area (TPSA) is 66.4 Å². The van der Waals surface area contributed by atoms with Crippen LogP contribution in [0, 0.1) is 12.8 Å². The minimum atomic E-state index is -0.946. The van der Waals surface area contributed by atoms with Crippen LogP contribution in [-0.2, 0) is 0 Å². The van der Waals surface area contributed by atoms with Gasteiger partial charge in [0, 0.05) is 17.7 Å². The second-order valence-electron chi connectivity index (χ2n) is 5.94. The third-order valence-corrected chi connectivity index (χ3v) is 4.16. The van der Waals surface area contributed by atoms with Crippen molar-refractivity contribution in [3.8, 4) is 0 Å². The standard InChI is InChI=1S/C17H25NO3/c1-6-12(3)17(5,21)10-18-16(20)14-8-7-11(2)15(9-14)13(4)19/h7-9,12,21H,6,10H2,1-5H3,(H,18,20)/t12-,17+/m0/s1. The van der Waals surface area contributed by atoms with Gasteiger partial charge < -0.3 is 10.4 Å². The van der Waals surface area contributed by atoms with E-state index in [4.69, 9.17) is 0 Å². The number of Topliss-reactive ketones (excluding diaryl/α,β-unsaturated/α-hetero) is 1. The first-order valence-electron chi connectivity index (χ1n) is 7.31. The summed E-state index contributed by atoms with van der Waals surface area (Å²) in [5, 5.41) is 13.0. The Morgan fingerprint density at radius 3 is 2.52 bits per heavy atom. The Balaban J connectivity index is 2.82. The summed E-state index contributed by atoms with van der Waals surface area (Å²) in [7, 11) is 0. The van der Waals surface area contributed by atoms with Crippen molar-refractivity contribution in [2.75, 3.05) is 6.54 Å². The molecule has 1 rings (SSSR count). The summed E-state index contributed by atoms with van der Waals surface area (Å²) in [6.45, 7) is 9.18. The Labute approximate surface area is 126 Å². The lowest BCUT2D eigenvalue weighted by molar-refractivity contribution is 0.00592.